The molecule has 0 spiro atoms. The lowest BCUT2D eigenvalue weighted by atomic mass is 10.2. The molecule has 5 heteroatoms. The minimum Gasteiger partial charge on any atom is -0.444 e. The van der Waals surface area contributed by atoms with Gasteiger partial charge in [0, 0.05) is 16.8 Å². The van der Waals surface area contributed by atoms with Crippen molar-refractivity contribution < 1.29 is 14.6 Å². The SMILES string of the molecule is CC(O)c1ccc(CN(C)C(=O)OC(C)(C)C)s1. The lowest BCUT2D eigenvalue weighted by molar-refractivity contribution is 0.0287. The van der Waals surface area contributed by atoms with Crippen molar-refractivity contribution in [1.29, 1.82) is 0 Å². The third kappa shape index (κ3) is 4.66. The van der Waals surface area contributed by atoms with E-state index in [2.05, 4.69) is 0 Å². The smallest absolute Gasteiger partial charge is 0.410 e. The van der Waals surface area contributed by atoms with Crippen molar-refractivity contribution in [3.05, 3.63) is 21.9 Å². The molecule has 1 aromatic heterocycles. The van der Waals surface area contributed by atoms with E-state index in [0.717, 1.165) is 9.75 Å². The molecular formula is C13H21NO3S. The van der Waals surface area contributed by atoms with Gasteiger partial charge >= 0.3 is 6.09 Å². The lowest BCUT2D eigenvalue weighted by Gasteiger charge is -2.24. The van der Waals surface area contributed by atoms with Crippen LogP contribution in [0.25, 0.3) is 0 Å². The highest BCUT2D eigenvalue weighted by Gasteiger charge is 2.20. The van der Waals surface area contributed by atoms with Crippen molar-refractivity contribution >= 4 is 17.4 Å². The van der Waals surface area contributed by atoms with Crippen molar-refractivity contribution in [2.45, 2.75) is 45.9 Å². The van der Waals surface area contributed by atoms with Gasteiger partial charge in [0.1, 0.15) is 5.60 Å². The van der Waals surface area contributed by atoms with Crippen LogP contribution in [0.2, 0.25) is 0 Å². The maximum atomic E-state index is 11.8. The molecule has 1 amide bonds. The summed E-state index contributed by atoms with van der Waals surface area (Å²) in [6, 6.07) is 3.81. The molecule has 0 saturated heterocycles. The fourth-order valence-electron chi connectivity index (χ4n) is 1.34. The summed E-state index contributed by atoms with van der Waals surface area (Å²) in [5.74, 6) is 0. The summed E-state index contributed by atoms with van der Waals surface area (Å²) in [6.07, 6.45) is -0.801. The number of nitrogens with zero attached hydrogens (tertiary/aromatic N) is 1. The van der Waals surface area contributed by atoms with Gasteiger partial charge in [-0.25, -0.2) is 4.79 Å². The Balaban J connectivity index is 2.58. The van der Waals surface area contributed by atoms with Crippen molar-refractivity contribution in [3.8, 4) is 0 Å². The van der Waals surface area contributed by atoms with Crippen molar-refractivity contribution in [2.75, 3.05) is 7.05 Å². The summed E-state index contributed by atoms with van der Waals surface area (Å²) in [4.78, 5) is 15.2. The molecule has 0 fully saturated rings. The fraction of sp³-hybridized carbons (Fsp3) is 0.615. The first kappa shape index (κ1) is 15.0. The number of aliphatic hydroxyl groups excluding tert-OH is 1. The molecule has 4 nitrogen and oxygen atoms in total. The molecule has 1 heterocycles. The van der Waals surface area contributed by atoms with Gasteiger partial charge in [-0.15, -0.1) is 11.3 Å². The van der Waals surface area contributed by atoms with Crippen LogP contribution >= 0.6 is 11.3 Å². The zero-order chi connectivity index (χ0) is 13.9. The Morgan fingerprint density at radius 1 is 1.50 bits per heavy atom. The number of hydrogen-bond donors (Lipinski definition) is 1. The molecule has 0 bridgehead atoms. The van der Waals surface area contributed by atoms with Crippen LogP contribution < -0.4 is 0 Å². The molecule has 0 aromatic carbocycles. The number of ether oxygens (including phenoxy) is 1. The average molecular weight is 271 g/mol. The number of thiophene rings is 1. The van der Waals surface area contributed by atoms with Crippen LogP contribution in [0.1, 0.15) is 43.6 Å². The van der Waals surface area contributed by atoms with Crippen LogP contribution in [0, 0.1) is 0 Å². The Bertz CT molecular complexity index is 407. The van der Waals surface area contributed by atoms with Gasteiger partial charge in [-0.3, -0.25) is 0 Å². The summed E-state index contributed by atoms with van der Waals surface area (Å²) < 4.78 is 5.27. The Hall–Kier alpha value is -1.07. The minimum absolute atomic E-state index is 0.338. The monoisotopic (exact) mass is 271 g/mol. The van der Waals surface area contributed by atoms with E-state index < -0.39 is 11.7 Å². The zero-order valence-electron chi connectivity index (χ0n) is 11.6. The molecule has 1 rings (SSSR count). The third-order valence-corrected chi connectivity index (χ3v) is 3.43. The lowest BCUT2D eigenvalue weighted by Crippen LogP contribution is -2.33. The number of rotatable bonds is 3. The maximum Gasteiger partial charge on any atom is 0.410 e. The number of carbonyl (C=O) groups is 1. The van der Waals surface area contributed by atoms with E-state index >= 15 is 0 Å². The molecule has 0 aliphatic rings. The van der Waals surface area contributed by atoms with Crippen LogP contribution in [0.3, 0.4) is 0 Å². The summed E-state index contributed by atoms with van der Waals surface area (Å²) in [5.41, 5.74) is -0.481. The maximum absolute atomic E-state index is 11.8. The molecule has 1 unspecified atom stereocenters. The Labute approximate surface area is 112 Å². The molecule has 0 aliphatic carbocycles. The first-order valence-electron chi connectivity index (χ1n) is 5.90. The molecule has 0 saturated carbocycles. The highest BCUT2D eigenvalue weighted by atomic mass is 32.1. The molecule has 1 N–H and O–H groups in total. The van der Waals surface area contributed by atoms with Gasteiger partial charge in [0.25, 0.3) is 0 Å². The second-order valence-corrected chi connectivity index (χ2v) is 6.52. The van der Waals surface area contributed by atoms with Gasteiger partial charge in [-0.05, 0) is 39.8 Å². The molecule has 102 valence electrons. The Kier molecular flexibility index (Phi) is 4.76. The number of hydrogen-bond acceptors (Lipinski definition) is 4. The van der Waals surface area contributed by atoms with Crippen molar-refractivity contribution in [2.24, 2.45) is 0 Å². The van der Waals surface area contributed by atoms with Crippen LogP contribution in [-0.2, 0) is 11.3 Å². The van der Waals surface area contributed by atoms with E-state index in [4.69, 9.17) is 4.74 Å². The standard InChI is InChI=1S/C13H21NO3S/c1-9(15)11-7-6-10(18-11)8-14(5)12(16)17-13(2,3)4/h6-7,9,15H,8H2,1-5H3. The fourth-order valence-corrected chi connectivity index (χ4v) is 2.35. The molecule has 0 radical (unpaired) electrons. The minimum atomic E-state index is -0.481. The predicted molar refractivity (Wildman–Crippen MR) is 72.7 cm³/mol. The number of carbonyl (C=O) groups excluding carboxylic acids is 1. The third-order valence-electron chi connectivity index (χ3n) is 2.19. The summed E-state index contributed by atoms with van der Waals surface area (Å²) in [6.45, 7) is 7.75. The topological polar surface area (TPSA) is 49.8 Å². The van der Waals surface area contributed by atoms with Gasteiger partial charge < -0.3 is 14.7 Å². The van der Waals surface area contributed by atoms with Gasteiger partial charge in [0.2, 0.25) is 0 Å². The molecule has 1 atom stereocenters. The summed E-state index contributed by atoms with van der Waals surface area (Å²) in [7, 11) is 1.70. The van der Waals surface area contributed by atoms with Crippen molar-refractivity contribution in [1.82, 2.24) is 4.90 Å². The second kappa shape index (κ2) is 5.71. The van der Waals surface area contributed by atoms with E-state index in [-0.39, 0.29) is 6.09 Å². The quantitative estimate of drug-likeness (QED) is 0.918. The average Bonchev–Trinajstić information content (AvgIpc) is 2.63. The number of amides is 1. The van der Waals surface area contributed by atoms with E-state index in [1.165, 1.54) is 16.2 Å². The van der Waals surface area contributed by atoms with E-state index in [9.17, 15) is 9.90 Å². The summed E-state index contributed by atoms with van der Waals surface area (Å²) >= 11 is 1.51. The Morgan fingerprint density at radius 2 is 2.11 bits per heavy atom. The molecule has 18 heavy (non-hydrogen) atoms. The first-order valence-corrected chi connectivity index (χ1v) is 6.71. The van der Waals surface area contributed by atoms with E-state index in [0.29, 0.717) is 6.54 Å². The van der Waals surface area contributed by atoms with Gasteiger partial charge in [-0.2, -0.15) is 0 Å². The molecule has 1 aromatic rings. The van der Waals surface area contributed by atoms with Gasteiger partial charge in [0.15, 0.2) is 0 Å². The van der Waals surface area contributed by atoms with Crippen molar-refractivity contribution in [3.63, 3.8) is 0 Å². The van der Waals surface area contributed by atoms with Gasteiger partial charge in [-0.1, -0.05) is 0 Å². The first-order chi connectivity index (χ1) is 8.19. The van der Waals surface area contributed by atoms with Crippen LogP contribution in [0.4, 0.5) is 4.79 Å². The van der Waals surface area contributed by atoms with E-state index in [1.54, 1.807) is 14.0 Å². The van der Waals surface area contributed by atoms with Crippen LogP contribution in [0.5, 0.6) is 0 Å². The Morgan fingerprint density at radius 3 is 2.56 bits per heavy atom. The highest BCUT2D eigenvalue weighted by molar-refractivity contribution is 7.12. The van der Waals surface area contributed by atoms with Crippen LogP contribution in [0.15, 0.2) is 12.1 Å². The second-order valence-electron chi connectivity index (χ2n) is 5.32. The molecule has 0 aliphatic heterocycles. The zero-order valence-corrected chi connectivity index (χ0v) is 12.4. The van der Waals surface area contributed by atoms with E-state index in [1.807, 2.05) is 32.9 Å². The summed E-state index contributed by atoms with van der Waals surface area (Å²) in [5, 5.41) is 9.44. The number of aliphatic hydroxyl groups is 1. The largest absolute Gasteiger partial charge is 0.444 e. The van der Waals surface area contributed by atoms with Crippen LogP contribution in [-0.4, -0.2) is 28.7 Å². The normalized spacial score (nSPS) is 13.2. The molecular weight excluding hydrogens is 250 g/mol. The van der Waals surface area contributed by atoms with Gasteiger partial charge in [0.05, 0.1) is 12.6 Å². The predicted octanol–water partition coefficient (Wildman–Crippen LogP) is 3.17. The highest BCUT2D eigenvalue weighted by Crippen LogP contribution is 2.24.